The van der Waals surface area contributed by atoms with Gasteiger partial charge in [0.2, 0.25) is 0 Å². The zero-order chi connectivity index (χ0) is 14.3. The maximum atomic E-state index is 11.2. The summed E-state index contributed by atoms with van der Waals surface area (Å²) in [5, 5.41) is 0.551. The molecule has 1 aromatic heterocycles. The van der Waals surface area contributed by atoms with E-state index in [9.17, 15) is 4.79 Å². The highest BCUT2D eigenvalue weighted by molar-refractivity contribution is 9.10. The number of ether oxygens (including phenoxy) is 2. The van der Waals surface area contributed by atoms with Crippen molar-refractivity contribution < 1.29 is 14.3 Å². The van der Waals surface area contributed by atoms with E-state index in [0.717, 1.165) is 10.3 Å². The normalized spacial score (nSPS) is 10.3. The van der Waals surface area contributed by atoms with Crippen molar-refractivity contribution in [2.45, 2.75) is 6.42 Å². The van der Waals surface area contributed by atoms with Crippen molar-refractivity contribution in [2.75, 3.05) is 38.8 Å². The molecule has 7 heteroatoms. The maximum Gasteiger partial charge on any atom is 0.307 e. The maximum absolute atomic E-state index is 11.2. The molecule has 0 aliphatic rings. The van der Waals surface area contributed by atoms with Crippen LogP contribution < -0.4 is 4.90 Å². The van der Waals surface area contributed by atoms with Crippen molar-refractivity contribution in [1.29, 1.82) is 0 Å². The van der Waals surface area contributed by atoms with Crippen LogP contribution >= 0.6 is 27.5 Å². The number of pyridine rings is 1. The van der Waals surface area contributed by atoms with Crippen LogP contribution in [0.15, 0.2) is 16.7 Å². The van der Waals surface area contributed by atoms with Gasteiger partial charge in [0, 0.05) is 26.4 Å². The van der Waals surface area contributed by atoms with Gasteiger partial charge in [-0.25, -0.2) is 4.98 Å². The SMILES string of the molecule is COCCN(CCC(=O)OC)c1ncc(Cl)cc1Br. The lowest BCUT2D eigenvalue weighted by molar-refractivity contribution is -0.140. The first-order valence-electron chi connectivity index (χ1n) is 5.70. The molecule has 0 saturated heterocycles. The minimum atomic E-state index is -0.257. The van der Waals surface area contributed by atoms with Crippen molar-refractivity contribution in [3.05, 3.63) is 21.8 Å². The standard InChI is InChI=1S/C12H16BrClN2O3/c1-18-6-5-16(4-3-11(17)19-2)12-10(13)7-9(14)8-15-12/h7-8H,3-6H2,1-2H3. The van der Waals surface area contributed by atoms with Gasteiger partial charge in [-0.3, -0.25) is 4.79 Å². The molecular formula is C12H16BrClN2O3. The van der Waals surface area contributed by atoms with E-state index in [2.05, 4.69) is 25.7 Å². The summed E-state index contributed by atoms with van der Waals surface area (Å²) >= 11 is 9.28. The number of anilines is 1. The summed E-state index contributed by atoms with van der Waals surface area (Å²) in [6.07, 6.45) is 1.86. The minimum Gasteiger partial charge on any atom is -0.469 e. The van der Waals surface area contributed by atoms with Crippen LogP contribution in [0, 0.1) is 0 Å². The minimum absolute atomic E-state index is 0.257. The fourth-order valence-corrected chi connectivity index (χ4v) is 2.38. The van der Waals surface area contributed by atoms with Crippen LogP contribution in [0.2, 0.25) is 5.02 Å². The molecule has 0 amide bonds. The van der Waals surface area contributed by atoms with Gasteiger partial charge in [0.1, 0.15) is 5.82 Å². The van der Waals surface area contributed by atoms with Crippen molar-refractivity contribution in [2.24, 2.45) is 0 Å². The van der Waals surface area contributed by atoms with Crippen molar-refractivity contribution in [1.82, 2.24) is 4.98 Å². The Bertz CT molecular complexity index is 431. The summed E-state index contributed by atoms with van der Waals surface area (Å²) in [7, 11) is 3.00. The average molecular weight is 352 g/mol. The first-order chi connectivity index (χ1) is 9.08. The summed E-state index contributed by atoms with van der Waals surface area (Å²) in [6.45, 7) is 1.67. The molecule has 0 radical (unpaired) electrons. The molecule has 0 spiro atoms. The molecule has 106 valence electrons. The van der Waals surface area contributed by atoms with Gasteiger partial charge in [0.25, 0.3) is 0 Å². The highest BCUT2D eigenvalue weighted by Gasteiger charge is 2.14. The number of methoxy groups -OCH3 is 2. The van der Waals surface area contributed by atoms with Gasteiger partial charge in [-0.05, 0) is 22.0 Å². The number of carbonyl (C=O) groups is 1. The van der Waals surface area contributed by atoms with Gasteiger partial charge in [0.15, 0.2) is 0 Å². The predicted molar refractivity (Wildman–Crippen MR) is 77.7 cm³/mol. The van der Waals surface area contributed by atoms with E-state index in [1.165, 1.54) is 7.11 Å². The molecule has 19 heavy (non-hydrogen) atoms. The lowest BCUT2D eigenvalue weighted by Gasteiger charge is -2.24. The summed E-state index contributed by atoms with van der Waals surface area (Å²) in [5.41, 5.74) is 0. The second-order valence-corrected chi connectivity index (χ2v) is 5.06. The van der Waals surface area contributed by atoms with E-state index in [-0.39, 0.29) is 12.4 Å². The Morgan fingerprint density at radius 2 is 2.21 bits per heavy atom. The number of hydrogen-bond acceptors (Lipinski definition) is 5. The van der Waals surface area contributed by atoms with Gasteiger partial charge >= 0.3 is 5.97 Å². The molecule has 1 aromatic rings. The molecule has 1 heterocycles. The van der Waals surface area contributed by atoms with E-state index in [1.807, 2.05) is 4.90 Å². The average Bonchev–Trinajstić information content (AvgIpc) is 2.39. The first kappa shape index (κ1) is 16.2. The molecule has 0 aliphatic heterocycles. The quantitative estimate of drug-likeness (QED) is 0.707. The number of aromatic nitrogens is 1. The third-order valence-corrected chi connectivity index (χ3v) is 3.26. The third-order valence-electron chi connectivity index (χ3n) is 2.47. The largest absolute Gasteiger partial charge is 0.469 e. The summed E-state index contributed by atoms with van der Waals surface area (Å²) in [4.78, 5) is 17.4. The fourth-order valence-electron chi connectivity index (χ4n) is 1.49. The van der Waals surface area contributed by atoms with Crippen molar-refractivity contribution in [3.8, 4) is 0 Å². The molecule has 0 aromatic carbocycles. The van der Waals surface area contributed by atoms with E-state index in [1.54, 1.807) is 19.4 Å². The Hall–Kier alpha value is -0.850. The molecule has 1 rings (SSSR count). The number of carbonyl (C=O) groups excluding carboxylic acids is 1. The van der Waals surface area contributed by atoms with Crippen LogP contribution in [-0.2, 0) is 14.3 Å². The molecule has 0 saturated carbocycles. The number of rotatable bonds is 7. The van der Waals surface area contributed by atoms with Gasteiger partial charge in [0.05, 0.1) is 29.6 Å². The predicted octanol–water partition coefficient (Wildman–Crippen LogP) is 2.51. The molecule has 0 bridgehead atoms. The second-order valence-electron chi connectivity index (χ2n) is 3.76. The molecule has 0 atom stereocenters. The van der Waals surface area contributed by atoms with Gasteiger partial charge < -0.3 is 14.4 Å². The van der Waals surface area contributed by atoms with Gasteiger partial charge in [-0.1, -0.05) is 11.6 Å². The smallest absolute Gasteiger partial charge is 0.307 e. The molecule has 0 aliphatic carbocycles. The Balaban J connectivity index is 2.79. The fraction of sp³-hybridized carbons (Fsp3) is 0.500. The molecule has 0 N–H and O–H groups in total. The Kier molecular flexibility index (Phi) is 7.12. The van der Waals surface area contributed by atoms with Crippen LogP contribution in [0.25, 0.3) is 0 Å². The van der Waals surface area contributed by atoms with E-state index >= 15 is 0 Å². The highest BCUT2D eigenvalue weighted by Crippen LogP contribution is 2.26. The topological polar surface area (TPSA) is 51.7 Å². The van der Waals surface area contributed by atoms with Gasteiger partial charge in [-0.2, -0.15) is 0 Å². The molecular weight excluding hydrogens is 336 g/mol. The monoisotopic (exact) mass is 350 g/mol. The van der Waals surface area contributed by atoms with Crippen LogP contribution in [-0.4, -0.2) is 44.9 Å². The molecule has 0 unspecified atom stereocenters. The van der Waals surface area contributed by atoms with Crippen LogP contribution in [0.4, 0.5) is 5.82 Å². The van der Waals surface area contributed by atoms with Crippen LogP contribution in [0.3, 0.4) is 0 Å². The number of halogens is 2. The van der Waals surface area contributed by atoms with E-state index < -0.39 is 0 Å². The third kappa shape index (κ3) is 5.34. The first-order valence-corrected chi connectivity index (χ1v) is 6.87. The lowest BCUT2D eigenvalue weighted by Crippen LogP contribution is -2.31. The number of nitrogens with zero attached hydrogens (tertiary/aromatic N) is 2. The number of esters is 1. The zero-order valence-corrected chi connectivity index (χ0v) is 13.2. The zero-order valence-electron chi connectivity index (χ0n) is 10.9. The second kappa shape index (κ2) is 8.35. The molecule has 5 nitrogen and oxygen atoms in total. The Morgan fingerprint density at radius 3 is 2.79 bits per heavy atom. The summed E-state index contributed by atoms with van der Waals surface area (Å²) in [5.74, 6) is 0.470. The van der Waals surface area contributed by atoms with Crippen molar-refractivity contribution in [3.63, 3.8) is 0 Å². The van der Waals surface area contributed by atoms with E-state index in [4.69, 9.17) is 16.3 Å². The van der Waals surface area contributed by atoms with Crippen LogP contribution in [0.5, 0.6) is 0 Å². The lowest BCUT2D eigenvalue weighted by atomic mass is 10.3. The van der Waals surface area contributed by atoms with Crippen molar-refractivity contribution >= 4 is 39.3 Å². The van der Waals surface area contributed by atoms with Gasteiger partial charge in [-0.15, -0.1) is 0 Å². The Labute approximate surface area is 126 Å². The molecule has 0 fully saturated rings. The summed E-state index contributed by atoms with van der Waals surface area (Å²) < 4.78 is 10.5. The Morgan fingerprint density at radius 1 is 1.47 bits per heavy atom. The summed E-state index contributed by atoms with van der Waals surface area (Å²) in [6, 6.07) is 1.77. The van der Waals surface area contributed by atoms with E-state index in [0.29, 0.717) is 24.7 Å². The highest BCUT2D eigenvalue weighted by atomic mass is 79.9. The number of hydrogen-bond donors (Lipinski definition) is 0. The van der Waals surface area contributed by atoms with Crippen LogP contribution in [0.1, 0.15) is 6.42 Å².